The number of carbonyl (C=O) groups is 2. The maximum atomic E-state index is 12.5. The van der Waals surface area contributed by atoms with Crippen LogP contribution in [-0.4, -0.2) is 39.7 Å². The van der Waals surface area contributed by atoms with E-state index in [0.29, 0.717) is 15.7 Å². The van der Waals surface area contributed by atoms with Gasteiger partial charge in [0.25, 0.3) is 0 Å². The van der Waals surface area contributed by atoms with Crippen molar-refractivity contribution in [1.82, 2.24) is 15.0 Å². The van der Waals surface area contributed by atoms with E-state index in [1.165, 1.54) is 30.3 Å². The van der Waals surface area contributed by atoms with Crippen LogP contribution in [0.25, 0.3) is 10.4 Å². The van der Waals surface area contributed by atoms with Gasteiger partial charge in [-0.05, 0) is 29.5 Å². The normalized spacial score (nSPS) is 12.0. The maximum absolute atomic E-state index is 12.5. The molecule has 1 amide bonds. The highest BCUT2D eigenvalue weighted by Gasteiger charge is 2.29. The van der Waals surface area contributed by atoms with E-state index in [1.54, 1.807) is 0 Å². The molecule has 148 valence electrons. The summed E-state index contributed by atoms with van der Waals surface area (Å²) in [6.07, 6.45) is 2.86. The molecular weight excluding hydrogens is 410 g/mol. The first-order valence-corrected chi connectivity index (χ1v) is 10.6. The van der Waals surface area contributed by atoms with Crippen LogP contribution in [0.4, 0.5) is 10.9 Å². The second kappa shape index (κ2) is 8.18. The minimum atomic E-state index is -0.449. The summed E-state index contributed by atoms with van der Waals surface area (Å²) in [6.45, 7) is 0. The highest BCUT2D eigenvalue weighted by molar-refractivity contribution is 7.99. The number of nitrogens with one attached hydrogen (secondary N) is 1. The number of amides is 1. The van der Waals surface area contributed by atoms with Gasteiger partial charge in [0.2, 0.25) is 11.9 Å². The molecule has 0 spiro atoms. The summed E-state index contributed by atoms with van der Waals surface area (Å²) in [5.41, 5.74) is 9.22. The predicted molar refractivity (Wildman–Crippen MR) is 112 cm³/mol. The molecule has 1 aliphatic rings. The second-order valence-electron chi connectivity index (χ2n) is 6.23. The van der Waals surface area contributed by atoms with Gasteiger partial charge in [-0.2, -0.15) is 4.98 Å². The quantitative estimate of drug-likeness (QED) is 0.471. The summed E-state index contributed by atoms with van der Waals surface area (Å²) in [7, 11) is 1.34. The number of methoxy groups -OCH3 is 1. The van der Waals surface area contributed by atoms with E-state index in [9.17, 15) is 9.59 Å². The van der Waals surface area contributed by atoms with Crippen LogP contribution >= 0.6 is 23.1 Å². The Morgan fingerprint density at radius 2 is 2.10 bits per heavy atom. The van der Waals surface area contributed by atoms with Crippen LogP contribution in [0.5, 0.6) is 0 Å². The minimum absolute atomic E-state index is 0.0726. The molecule has 8 nitrogen and oxygen atoms in total. The van der Waals surface area contributed by atoms with Crippen molar-refractivity contribution in [2.45, 2.75) is 18.0 Å². The number of aryl methyl sites for hydroxylation is 1. The first kappa shape index (κ1) is 19.3. The summed E-state index contributed by atoms with van der Waals surface area (Å²) in [5.74, 6) is -0.551. The number of ether oxygens (including phenoxy) is 1. The number of aromatic nitrogens is 3. The largest absolute Gasteiger partial charge is 0.465 e. The number of hydrogen-bond acceptors (Lipinski definition) is 9. The van der Waals surface area contributed by atoms with Crippen molar-refractivity contribution in [3.63, 3.8) is 0 Å². The average Bonchev–Trinajstić information content (AvgIpc) is 3.10. The van der Waals surface area contributed by atoms with E-state index in [0.717, 1.165) is 40.6 Å². The lowest BCUT2D eigenvalue weighted by atomic mass is 9.89. The smallest absolute Gasteiger partial charge is 0.341 e. The van der Waals surface area contributed by atoms with E-state index in [2.05, 4.69) is 26.3 Å². The molecule has 0 radical (unpaired) electrons. The third kappa shape index (κ3) is 3.94. The Morgan fingerprint density at radius 3 is 2.90 bits per heavy atom. The van der Waals surface area contributed by atoms with Crippen molar-refractivity contribution in [3.05, 3.63) is 47.3 Å². The molecular formula is C19H17N5O3S2. The summed E-state index contributed by atoms with van der Waals surface area (Å²) in [6, 6.07) is 8.11. The molecule has 0 fully saturated rings. The van der Waals surface area contributed by atoms with Crippen molar-refractivity contribution in [2.75, 3.05) is 23.9 Å². The zero-order chi connectivity index (χ0) is 20.4. The van der Waals surface area contributed by atoms with Gasteiger partial charge in [0.1, 0.15) is 11.3 Å². The Morgan fingerprint density at radius 1 is 1.28 bits per heavy atom. The minimum Gasteiger partial charge on any atom is -0.465 e. The number of esters is 1. The number of nitrogen functional groups attached to an aromatic ring is 1. The van der Waals surface area contributed by atoms with Crippen LogP contribution in [0.15, 0.2) is 35.7 Å². The van der Waals surface area contributed by atoms with Gasteiger partial charge >= 0.3 is 5.97 Å². The summed E-state index contributed by atoms with van der Waals surface area (Å²) < 4.78 is 4.98. The van der Waals surface area contributed by atoms with Crippen LogP contribution in [0.2, 0.25) is 0 Å². The highest BCUT2D eigenvalue weighted by atomic mass is 32.2. The molecule has 0 saturated carbocycles. The van der Waals surface area contributed by atoms with Gasteiger partial charge < -0.3 is 15.8 Å². The van der Waals surface area contributed by atoms with E-state index in [4.69, 9.17) is 10.5 Å². The van der Waals surface area contributed by atoms with Crippen molar-refractivity contribution in [1.29, 1.82) is 0 Å². The fourth-order valence-electron chi connectivity index (χ4n) is 3.20. The molecule has 1 aromatic carbocycles. The lowest BCUT2D eigenvalue weighted by Gasteiger charge is -2.16. The van der Waals surface area contributed by atoms with Gasteiger partial charge in [-0.15, -0.1) is 11.3 Å². The van der Waals surface area contributed by atoms with E-state index >= 15 is 0 Å². The molecule has 2 heterocycles. The van der Waals surface area contributed by atoms with Crippen LogP contribution < -0.4 is 11.1 Å². The van der Waals surface area contributed by atoms with Crippen molar-refractivity contribution in [3.8, 4) is 10.4 Å². The van der Waals surface area contributed by atoms with Crippen LogP contribution in [0, 0.1) is 0 Å². The van der Waals surface area contributed by atoms with Crippen molar-refractivity contribution >= 4 is 45.9 Å². The number of hydrogen-bond donors (Lipinski definition) is 2. The van der Waals surface area contributed by atoms with Gasteiger partial charge in [0, 0.05) is 4.88 Å². The molecule has 4 rings (SSSR count). The molecule has 29 heavy (non-hydrogen) atoms. The topological polar surface area (TPSA) is 120 Å². The van der Waals surface area contributed by atoms with E-state index in [-0.39, 0.29) is 17.6 Å². The Hall–Kier alpha value is -2.98. The maximum Gasteiger partial charge on any atom is 0.341 e. The number of rotatable bonds is 5. The number of anilines is 2. The summed E-state index contributed by atoms with van der Waals surface area (Å²) >= 11 is 2.54. The average molecular weight is 428 g/mol. The third-order valence-electron chi connectivity index (χ3n) is 4.46. The molecule has 0 unspecified atom stereocenters. The lowest BCUT2D eigenvalue weighted by Crippen LogP contribution is -2.17. The highest BCUT2D eigenvalue weighted by Crippen LogP contribution is 2.45. The number of thioether (sulfide) groups is 1. The van der Waals surface area contributed by atoms with Gasteiger partial charge in [-0.1, -0.05) is 36.0 Å². The predicted octanol–water partition coefficient (Wildman–Crippen LogP) is 2.80. The van der Waals surface area contributed by atoms with Crippen molar-refractivity contribution < 1.29 is 14.3 Å². The van der Waals surface area contributed by atoms with Gasteiger partial charge in [-0.3, -0.25) is 4.79 Å². The van der Waals surface area contributed by atoms with Gasteiger partial charge in [0.05, 0.1) is 18.4 Å². The van der Waals surface area contributed by atoms with Crippen LogP contribution in [-0.2, 0) is 22.4 Å². The van der Waals surface area contributed by atoms with E-state index < -0.39 is 5.97 Å². The van der Waals surface area contributed by atoms with Crippen LogP contribution in [0.3, 0.4) is 0 Å². The Bertz CT molecular complexity index is 1100. The third-order valence-corrected chi connectivity index (χ3v) is 6.50. The zero-order valence-electron chi connectivity index (χ0n) is 15.5. The van der Waals surface area contributed by atoms with Crippen LogP contribution in [0.1, 0.15) is 21.5 Å². The molecule has 0 atom stereocenters. The number of carbonyl (C=O) groups excluding carboxylic acids is 2. The molecule has 2 aromatic heterocycles. The molecule has 3 aromatic rings. The monoisotopic (exact) mass is 427 g/mol. The second-order valence-corrected chi connectivity index (χ2v) is 8.19. The van der Waals surface area contributed by atoms with Gasteiger partial charge in [0.15, 0.2) is 5.16 Å². The Labute approximate surface area is 174 Å². The SMILES string of the molecule is COC(=O)c1c(NC(=O)CSc2ncnc(N)n2)sc2c1CCc1ccccc1-2. The number of fused-ring (bicyclic) bond motifs is 3. The first-order valence-electron chi connectivity index (χ1n) is 8.76. The fourth-order valence-corrected chi connectivity index (χ4v) is 5.13. The Balaban J connectivity index is 1.59. The van der Waals surface area contributed by atoms with E-state index in [1.807, 2.05) is 18.2 Å². The molecule has 1 aliphatic carbocycles. The number of thiophene rings is 1. The summed E-state index contributed by atoms with van der Waals surface area (Å²) in [5, 5.41) is 3.71. The molecule has 10 heteroatoms. The molecule has 0 bridgehead atoms. The number of nitrogens with two attached hydrogens (primary N) is 1. The summed E-state index contributed by atoms with van der Waals surface area (Å²) in [4.78, 5) is 37.6. The first-order chi connectivity index (χ1) is 14.1. The van der Waals surface area contributed by atoms with Gasteiger partial charge in [-0.25, -0.2) is 14.8 Å². The zero-order valence-corrected chi connectivity index (χ0v) is 17.1. The van der Waals surface area contributed by atoms with Crippen molar-refractivity contribution in [2.24, 2.45) is 0 Å². The molecule has 0 saturated heterocycles. The lowest BCUT2D eigenvalue weighted by molar-refractivity contribution is -0.113. The molecule has 0 aliphatic heterocycles. The fraction of sp³-hybridized carbons (Fsp3) is 0.211. The Kier molecular flexibility index (Phi) is 5.45. The molecule has 3 N–H and O–H groups in total. The number of nitrogens with zero attached hydrogens (tertiary/aromatic N) is 3. The number of benzene rings is 1. The standard InChI is InChI=1S/C19H17N5O3S2/c1-27-17(26)14-12-7-6-10-4-2-3-5-11(10)15(12)29-16(14)23-13(25)8-28-19-22-9-21-18(20)24-19/h2-5,9H,6-8H2,1H3,(H,23,25)(H2,20,21,22,24).